The van der Waals surface area contributed by atoms with Gasteiger partial charge in [0.15, 0.2) is 0 Å². The quantitative estimate of drug-likeness (QED) is 0.703. The highest BCUT2D eigenvalue weighted by Crippen LogP contribution is 2.14. The summed E-state index contributed by atoms with van der Waals surface area (Å²) in [6.07, 6.45) is 9.62. The van der Waals surface area contributed by atoms with Crippen LogP contribution < -0.4 is 10.2 Å². The molecule has 1 aliphatic rings. The third-order valence-electron chi connectivity index (χ3n) is 4.57. The van der Waals surface area contributed by atoms with Gasteiger partial charge in [-0.15, -0.1) is 0 Å². The SMILES string of the molecule is c1ncn(Cc2ccc(CNCc3cnc(N4CCCC4)nc3)cc2)n1. The Hall–Kier alpha value is -2.80. The molecule has 26 heavy (non-hydrogen) atoms. The monoisotopic (exact) mass is 349 g/mol. The van der Waals surface area contributed by atoms with Gasteiger partial charge >= 0.3 is 0 Å². The van der Waals surface area contributed by atoms with E-state index in [2.05, 4.69) is 54.5 Å². The van der Waals surface area contributed by atoms with Gasteiger partial charge in [-0.1, -0.05) is 24.3 Å². The Balaban J connectivity index is 1.25. The summed E-state index contributed by atoms with van der Waals surface area (Å²) < 4.78 is 1.82. The lowest BCUT2D eigenvalue weighted by molar-refractivity contribution is 0.678. The molecule has 1 aromatic carbocycles. The first-order valence-corrected chi connectivity index (χ1v) is 9.04. The Morgan fingerprint density at radius 1 is 0.885 bits per heavy atom. The van der Waals surface area contributed by atoms with E-state index < -0.39 is 0 Å². The van der Waals surface area contributed by atoms with Gasteiger partial charge in [-0.3, -0.25) is 0 Å². The molecule has 1 fully saturated rings. The summed E-state index contributed by atoms with van der Waals surface area (Å²) in [5.41, 5.74) is 3.57. The van der Waals surface area contributed by atoms with Gasteiger partial charge in [0.2, 0.25) is 5.95 Å². The van der Waals surface area contributed by atoms with E-state index in [1.807, 2.05) is 17.1 Å². The molecule has 7 nitrogen and oxygen atoms in total. The zero-order chi connectivity index (χ0) is 17.6. The second-order valence-corrected chi connectivity index (χ2v) is 6.60. The molecule has 0 spiro atoms. The average molecular weight is 349 g/mol. The van der Waals surface area contributed by atoms with Crippen LogP contribution in [0, 0.1) is 0 Å². The van der Waals surface area contributed by atoms with Crippen molar-refractivity contribution in [3.63, 3.8) is 0 Å². The van der Waals surface area contributed by atoms with Crippen molar-refractivity contribution >= 4 is 5.95 Å². The van der Waals surface area contributed by atoms with Crippen LogP contribution in [-0.4, -0.2) is 37.8 Å². The second-order valence-electron chi connectivity index (χ2n) is 6.60. The third kappa shape index (κ3) is 4.23. The van der Waals surface area contributed by atoms with E-state index in [-0.39, 0.29) is 0 Å². The Morgan fingerprint density at radius 2 is 1.58 bits per heavy atom. The van der Waals surface area contributed by atoms with Crippen LogP contribution >= 0.6 is 0 Å². The topological polar surface area (TPSA) is 71.8 Å². The number of benzene rings is 1. The van der Waals surface area contributed by atoms with E-state index in [1.54, 1.807) is 12.7 Å². The van der Waals surface area contributed by atoms with Crippen molar-refractivity contribution in [2.45, 2.75) is 32.5 Å². The molecule has 4 rings (SSSR count). The highest BCUT2D eigenvalue weighted by Gasteiger charge is 2.14. The fourth-order valence-electron chi connectivity index (χ4n) is 3.13. The predicted molar refractivity (Wildman–Crippen MR) is 99.6 cm³/mol. The minimum atomic E-state index is 0.744. The summed E-state index contributed by atoms with van der Waals surface area (Å²) in [5, 5.41) is 7.58. The number of aromatic nitrogens is 5. The standard InChI is InChI=1S/C19H23N7/c1-2-8-25(7-1)19-22-11-18(12-23-19)10-20-9-16-3-5-17(6-4-16)13-26-15-21-14-24-26/h3-6,11-12,14-15,20H,1-2,7-10,13H2. The van der Waals surface area contributed by atoms with E-state index in [1.165, 1.54) is 24.0 Å². The minimum Gasteiger partial charge on any atom is -0.341 e. The van der Waals surface area contributed by atoms with Gasteiger partial charge in [0.05, 0.1) is 6.54 Å². The molecule has 0 bridgehead atoms. The summed E-state index contributed by atoms with van der Waals surface area (Å²) in [6.45, 7) is 4.47. The lowest BCUT2D eigenvalue weighted by Gasteiger charge is -2.14. The largest absolute Gasteiger partial charge is 0.341 e. The molecule has 0 atom stereocenters. The maximum Gasteiger partial charge on any atom is 0.225 e. The van der Waals surface area contributed by atoms with Crippen molar-refractivity contribution in [1.29, 1.82) is 0 Å². The number of hydrogen-bond donors (Lipinski definition) is 1. The van der Waals surface area contributed by atoms with E-state index in [9.17, 15) is 0 Å². The molecule has 0 unspecified atom stereocenters. The molecule has 1 N–H and O–H groups in total. The molecule has 0 saturated carbocycles. The number of hydrogen-bond acceptors (Lipinski definition) is 6. The normalized spacial score (nSPS) is 14.1. The molecule has 134 valence electrons. The molecule has 0 radical (unpaired) electrons. The molecule has 1 aliphatic heterocycles. The predicted octanol–water partition coefficient (Wildman–Crippen LogP) is 2.01. The van der Waals surface area contributed by atoms with Gasteiger partial charge in [0.25, 0.3) is 0 Å². The van der Waals surface area contributed by atoms with Crippen LogP contribution in [0.1, 0.15) is 29.5 Å². The first-order chi connectivity index (χ1) is 12.9. The maximum atomic E-state index is 4.49. The molecule has 3 heterocycles. The maximum absolute atomic E-state index is 4.49. The summed E-state index contributed by atoms with van der Waals surface area (Å²) in [5.74, 6) is 0.856. The number of nitrogens with zero attached hydrogens (tertiary/aromatic N) is 6. The van der Waals surface area contributed by atoms with Gasteiger partial charge in [-0.25, -0.2) is 19.6 Å². The Morgan fingerprint density at radius 3 is 2.27 bits per heavy atom. The van der Waals surface area contributed by atoms with Crippen molar-refractivity contribution in [3.05, 3.63) is 66.0 Å². The van der Waals surface area contributed by atoms with E-state index in [4.69, 9.17) is 0 Å². The highest BCUT2D eigenvalue weighted by molar-refractivity contribution is 5.31. The molecular weight excluding hydrogens is 326 g/mol. The van der Waals surface area contributed by atoms with Crippen molar-refractivity contribution in [2.75, 3.05) is 18.0 Å². The lowest BCUT2D eigenvalue weighted by Crippen LogP contribution is -2.20. The zero-order valence-electron chi connectivity index (χ0n) is 14.8. The van der Waals surface area contributed by atoms with Crippen LogP contribution in [0.25, 0.3) is 0 Å². The highest BCUT2D eigenvalue weighted by atomic mass is 15.3. The summed E-state index contributed by atoms with van der Waals surface area (Å²) in [7, 11) is 0. The summed E-state index contributed by atoms with van der Waals surface area (Å²) in [6, 6.07) is 8.55. The number of anilines is 1. The molecule has 0 aliphatic carbocycles. The van der Waals surface area contributed by atoms with Gasteiger partial charge in [-0.05, 0) is 24.0 Å². The molecule has 2 aromatic heterocycles. The first kappa shape index (κ1) is 16.7. The van der Waals surface area contributed by atoms with Crippen molar-refractivity contribution in [3.8, 4) is 0 Å². The minimum absolute atomic E-state index is 0.744. The van der Waals surface area contributed by atoms with E-state index in [0.717, 1.165) is 44.2 Å². The van der Waals surface area contributed by atoms with Gasteiger partial charge in [0.1, 0.15) is 12.7 Å². The van der Waals surface area contributed by atoms with Gasteiger partial charge < -0.3 is 10.2 Å². The average Bonchev–Trinajstić information content (AvgIpc) is 3.38. The third-order valence-corrected chi connectivity index (χ3v) is 4.57. The van der Waals surface area contributed by atoms with Crippen molar-refractivity contribution in [2.24, 2.45) is 0 Å². The smallest absolute Gasteiger partial charge is 0.225 e. The van der Waals surface area contributed by atoms with Crippen molar-refractivity contribution < 1.29 is 0 Å². The molecule has 7 heteroatoms. The molecule has 3 aromatic rings. The fourth-order valence-corrected chi connectivity index (χ4v) is 3.13. The number of rotatable bonds is 7. The van der Waals surface area contributed by atoms with Crippen LogP contribution in [0.15, 0.2) is 49.3 Å². The molecular formula is C19H23N7. The zero-order valence-corrected chi connectivity index (χ0v) is 14.8. The fraction of sp³-hybridized carbons (Fsp3) is 0.368. The number of nitrogens with one attached hydrogen (secondary N) is 1. The van der Waals surface area contributed by atoms with Crippen LogP contribution in [0.3, 0.4) is 0 Å². The van der Waals surface area contributed by atoms with Gasteiger partial charge in [-0.2, -0.15) is 5.10 Å². The first-order valence-electron chi connectivity index (χ1n) is 9.04. The van der Waals surface area contributed by atoms with Crippen LogP contribution in [0.2, 0.25) is 0 Å². The van der Waals surface area contributed by atoms with Gasteiger partial charge in [0, 0.05) is 44.1 Å². The summed E-state index contributed by atoms with van der Waals surface area (Å²) in [4.78, 5) is 15.2. The molecule has 1 saturated heterocycles. The van der Waals surface area contributed by atoms with E-state index >= 15 is 0 Å². The second kappa shape index (κ2) is 8.05. The van der Waals surface area contributed by atoms with Crippen LogP contribution in [0.4, 0.5) is 5.95 Å². The van der Waals surface area contributed by atoms with Crippen LogP contribution in [0.5, 0.6) is 0 Å². The Bertz CT molecular complexity index is 791. The van der Waals surface area contributed by atoms with Crippen molar-refractivity contribution in [1.82, 2.24) is 30.0 Å². The van der Waals surface area contributed by atoms with Crippen LogP contribution in [-0.2, 0) is 19.6 Å². The lowest BCUT2D eigenvalue weighted by atomic mass is 10.1. The van der Waals surface area contributed by atoms with E-state index in [0.29, 0.717) is 0 Å². The summed E-state index contributed by atoms with van der Waals surface area (Å²) >= 11 is 0. The Kier molecular flexibility index (Phi) is 5.16. The molecule has 0 amide bonds. The Labute approximate surface area is 153 Å².